The molecule has 0 radical (unpaired) electrons. The molecular formula is C19H25BrN4O2S. The topological polar surface area (TPSA) is 60.3 Å². The number of piperidine rings is 1. The van der Waals surface area contributed by atoms with E-state index in [2.05, 4.69) is 40.0 Å². The molecule has 8 heteroatoms. The third-order valence-electron chi connectivity index (χ3n) is 4.91. The molecule has 1 amide bonds. The van der Waals surface area contributed by atoms with Crippen LogP contribution in [0.25, 0.3) is 0 Å². The molecule has 1 fully saturated rings. The average Bonchev–Trinajstić information content (AvgIpc) is 2.99. The molecule has 0 spiro atoms. The molecule has 146 valence electrons. The molecule has 2 atom stereocenters. The molecule has 3 rings (SSSR count). The summed E-state index contributed by atoms with van der Waals surface area (Å²) in [5.41, 5.74) is 0. The maximum Gasteiger partial charge on any atom is 0.233 e. The molecule has 2 unspecified atom stereocenters. The maximum atomic E-state index is 12.7. The Kier molecular flexibility index (Phi) is 6.81. The molecule has 6 nitrogen and oxygen atoms in total. The van der Waals surface area contributed by atoms with Crippen molar-refractivity contribution in [2.24, 2.45) is 7.05 Å². The van der Waals surface area contributed by atoms with Gasteiger partial charge in [0.1, 0.15) is 12.4 Å². The lowest BCUT2D eigenvalue weighted by atomic mass is 9.98. The number of carbonyl (C=O) groups is 1. The van der Waals surface area contributed by atoms with Crippen molar-refractivity contribution in [1.82, 2.24) is 19.7 Å². The predicted molar refractivity (Wildman–Crippen MR) is 110 cm³/mol. The molecule has 2 aromatic rings. The van der Waals surface area contributed by atoms with Gasteiger partial charge in [-0.3, -0.25) is 4.79 Å². The van der Waals surface area contributed by atoms with Crippen LogP contribution >= 0.6 is 27.7 Å². The van der Waals surface area contributed by atoms with E-state index < -0.39 is 0 Å². The van der Waals surface area contributed by atoms with Crippen LogP contribution in [0.5, 0.6) is 5.75 Å². The Bertz CT molecular complexity index is 771. The van der Waals surface area contributed by atoms with E-state index in [9.17, 15) is 4.79 Å². The summed E-state index contributed by atoms with van der Waals surface area (Å²) >= 11 is 4.84. The Balaban J connectivity index is 1.55. The van der Waals surface area contributed by atoms with Crippen molar-refractivity contribution in [2.75, 3.05) is 5.75 Å². The predicted octanol–water partition coefficient (Wildman–Crippen LogP) is 4.04. The van der Waals surface area contributed by atoms with E-state index in [1.165, 1.54) is 18.2 Å². The summed E-state index contributed by atoms with van der Waals surface area (Å²) < 4.78 is 8.66. The number of thioether (sulfide) groups is 1. The van der Waals surface area contributed by atoms with Gasteiger partial charge >= 0.3 is 0 Å². The first-order valence-electron chi connectivity index (χ1n) is 9.16. The molecular weight excluding hydrogens is 428 g/mol. The van der Waals surface area contributed by atoms with Crippen LogP contribution in [0, 0.1) is 0 Å². The number of ether oxygens (including phenoxy) is 1. The highest BCUT2D eigenvalue weighted by Gasteiger charge is 2.29. The van der Waals surface area contributed by atoms with Gasteiger partial charge in [0.15, 0.2) is 11.0 Å². The number of halogens is 1. The van der Waals surface area contributed by atoms with Gasteiger partial charge in [-0.25, -0.2) is 0 Å². The lowest BCUT2D eigenvalue weighted by Gasteiger charge is -2.39. The molecule has 0 N–H and O–H groups in total. The van der Waals surface area contributed by atoms with Crippen molar-refractivity contribution in [1.29, 1.82) is 0 Å². The molecule has 1 aromatic heterocycles. The number of hydrogen-bond acceptors (Lipinski definition) is 5. The van der Waals surface area contributed by atoms with Crippen molar-refractivity contribution in [3.05, 3.63) is 34.6 Å². The fraction of sp³-hybridized carbons (Fsp3) is 0.526. The van der Waals surface area contributed by atoms with E-state index in [-0.39, 0.29) is 5.91 Å². The van der Waals surface area contributed by atoms with Crippen LogP contribution in [0.2, 0.25) is 0 Å². The SMILES string of the molecule is CC1CCCC(C)N1C(=O)CSc1nnc(COc2ccc(Br)cc2)n1C. The summed E-state index contributed by atoms with van der Waals surface area (Å²) in [6.45, 7) is 4.61. The highest BCUT2D eigenvalue weighted by Crippen LogP contribution is 2.25. The minimum atomic E-state index is 0.176. The van der Waals surface area contributed by atoms with Gasteiger partial charge in [-0.15, -0.1) is 10.2 Å². The zero-order chi connectivity index (χ0) is 19.4. The lowest BCUT2D eigenvalue weighted by Crippen LogP contribution is -2.48. The van der Waals surface area contributed by atoms with Crippen LogP contribution in [0.15, 0.2) is 33.9 Å². The van der Waals surface area contributed by atoms with Gasteiger partial charge in [-0.2, -0.15) is 0 Å². The Morgan fingerprint density at radius 1 is 1.22 bits per heavy atom. The van der Waals surface area contributed by atoms with E-state index in [0.717, 1.165) is 34.0 Å². The van der Waals surface area contributed by atoms with Gasteiger partial charge in [0.2, 0.25) is 5.91 Å². The molecule has 0 bridgehead atoms. The average molecular weight is 453 g/mol. The second-order valence-corrected chi connectivity index (χ2v) is 8.78. The first-order chi connectivity index (χ1) is 13.0. The number of hydrogen-bond donors (Lipinski definition) is 0. The molecule has 27 heavy (non-hydrogen) atoms. The molecule has 2 heterocycles. The van der Waals surface area contributed by atoms with Gasteiger partial charge in [-0.1, -0.05) is 27.7 Å². The van der Waals surface area contributed by atoms with Crippen LogP contribution in [-0.2, 0) is 18.4 Å². The van der Waals surface area contributed by atoms with Crippen LogP contribution in [0.1, 0.15) is 38.9 Å². The van der Waals surface area contributed by atoms with E-state index in [1.54, 1.807) is 0 Å². The van der Waals surface area contributed by atoms with Crippen LogP contribution in [-0.4, -0.2) is 43.4 Å². The fourth-order valence-corrected chi connectivity index (χ4v) is 4.45. The van der Waals surface area contributed by atoms with Gasteiger partial charge in [0.05, 0.1) is 5.75 Å². The Labute approximate surface area is 172 Å². The van der Waals surface area contributed by atoms with Crippen LogP contribution in [0.4, 0.5) is 0 Å². The van der Waals surface area contributed by atoms with Gasteiger partial charge in [0, 0.05) is 23.6 Å². The second kappa shape index (κ2) is 9.10. The van der Waals surface area contributed by atoms with Crippen LogP contribution in [0.3, 0.4) is 0 Å². The monoisotopic (exact) mass is 452 g/mol. The van der Waals surface area contributed by atoms with Crippen molar-refractivity contribution in [3.63, 3.8) is 0 Å². The van der Waals surface area contributed by atoms with E-state index in [4.69, 9.17) is 4.74 Å². The Morgan fingerprint density at radius 3 is 2.56 bits per heavy atom. The summed E-state index contributed by atoms with van der Waals surface area (Å²) in [7, 11) is 1.90. The third-order valence-corrected chi connectivity index (χ3v) is 6.45. The van der Waals surface area contributed by atoms with Gasteiger partial charge in [-0.05, 0) is 57.4 Å². The smallest absolute Gasteiger partial charge is 0.233 e. The van der Waals surface area contributed by atoms with Gasteiger partial charge < -0.3 is 14.2 Å². The Hall–Kier alpha value is -1.54. The molecule has 1 aromatic carbocycles. The minimum Gasteiger partial charge on any atom is -0.486 e. The molecule has 1 aliphatic rings. The highest BCUT2D eigenvalue weighted by atomic mass is 79.9. The lowest BCUT2D eigenvalue weighted by molar-refractivity contribution is -0.134. The third kappa shape index (κ3) is 5.04. The number of benzene rings is 1. The zero-order valence-electron chi connectivity index (χ0n) is 15.9. The van der Waals surface area contributed by atoms with Crippen molar-refractivity contribution in [3.8, 4) is 5.75 Å². The van der Waals surface area contributed by atoms with Crippen molar-refractivity contribution in [2.45, 2.75) is 57.0 Å². The standard InChI is InChI=1S/C19H25BrN4O2S/c1-13-5-4-6-14(2)24(13)18(25)12-27-19-22-21-17(23(19)3)11-26-16-9-7-15(20)8-10-16/h7-10,13-14H,4-6,11-12H2,1-3H3. The number of carbonyl (C=O) groups excluding carboxylic acids is 1. The fourth-order valence-electron chi connectivity index (χ4n) is 3.39. The number of rotatable bonds is 6. The van der Waals surface area contributed by atoms with Crippen molar-refractivity contribution < 1.29 is 9.53 Å². The summed E-state index contributed by atoms with van der Waals surface area (Å²) in [6.07, 6.45) is 3.37. The van der Waals surface area contributed by atoms with Gasteiger partial charge in [0.25, 0.3) is 0 Å². The minimum absolute atomic E-state index is 0.176. The summed E-state index contributed by atoms with van der Waals surface area (Å²) in [6, 6.07) is 8.29. The van der Waals surface area contributed by atoms with E-state index in [0.29, 0.717) is 24.4 Å². The zero-order valence-corrected chi connectivity index (χ0v) is 18.3. The molecule has 0 saturated carbocycles. The number of likely N-dealkylation sites (tertiary alicyclic amines) is 1. The summed E-state index contributed by atoms with van der Waals surface area (Å²) in [5.74, 6) is 2.07. The number of amides is 1. The molecule has 0 aliphatic carbocycles. The maximum absolute atomic E-state index is 12.7. The van der Waals surface area contributed by atoms with E-state index in [1.807, 2.05) is 40.8 Å². The number of aromatic nitrogens is 3. The summed E-state index contributed by atoms with van der Waals surface area (Å²) in [5, 5.41) is 9.15. The first-order valence-corrected chi connectivity index (χ1v) is 10.9. The summed E-state index contributed by atoms with van der Waals surface area (Å²) in [4.78, 5) is 14.7. The second-order valence-electron chi connectivity index (χ2n) is 6.92. The molecule has 1 saturated heterocycles. The Morgan fingerprint density at radius 2 is 1.89 bits per heavy atom. The quantitative estimate of drug-likeness (QED) is 0.618. The first kappa shape index (κ1) is 20.2. The van der Waals surface area contributed by atoms with Crippen molar-refractivity contribution >= 4 is 33.6 Å². The highest BCUT2D eigenvalue weighted by molar-refractivity contribution is 9.10. The largest absolute Gasteiger partial charge is 0.486 e. The molecule has 1 aliphatic heterocycles. The number of nitrogens with zero attached hydrogens (tertiary/aromatic N) is 4. The van der Waals surface area contributed by atoms with E-state index >= 15 is 0 Å². The normalized spacial score (nSPS) is 19.9. The van der Waals surface area contributed by atoms with Crippen LogP contribution < -0.4 is 4.74 Å².